The highest BCUT2D eigenvalue weighted by atomic mass is 16.6. The molecule has 1 aromatic carbocycles. The van der Waals surface area contributed by atoms with E-state index in [1.165, 1.54) is 0 Å². The van der Waals surface area contributed by atoms with Gasteiger partial charge in [-0.2, -0.15) is 0 Å². The van der Waals surface area contributed by atoms with Crippen molar-refractivity contribution in [1.29, 1.82) is 0 Å². The first kappa shape index (κ1) is 9.73. The Balaban J connectivity index is 2.32. The van der Waals surface area contributed by atoms with E-state index in [1.807, 2.05) is 18.2 Å². The van der Waals surface area contributed by atoms with Crippen LogP contribution >= 0.6 is 0 Å². The van der Waals surface area contributed by atoms with Crippen molar-refractivity contribution in [2.75, 3.05) is 0 Å². The van der Waals surface area contributed by atoms with E-state index < -0.39 is 12.2 Å². The number of rotatable bonds is 2. The molecule has 0 aliphatic heterocycles. The molecule has 0 aliphatic rings. The zero-order chi connectivity index (χ0) is 10.8. The van der Waals surface area contributed by atoms with Crippen LogP contribution in [-0.2, 0) is 4.74 Å². The van der Waals surface area contributed by atoms with Crippen molar-refractivity contribution in [1.82, 2.24) is 0 Å². The number of para-hydroxylation sites is 1. The number of esters is 1. The smallest absolute Gasteiger partial charge is 0.375 e. The van der Waals surface area contributed by atoms with E-state index in [-0.39, 0.29) is 5.76 Å². The monoisotopic (exact) mass is 205 g/mol. The number of hydrogen-bond donors (Lipinski definition) is 1. The molecule has 4 heteroatoms. The zero-order valence-electron chi connectivity index (χ0n) is 8.27. The minimum absolute atomic E-state index is 0.175. The molecule has 0 bridgehead atoms. The number of ether oxygens (including phenoxy) is 1. The zero-order valence-corrected chi connectivity index (χ0v) is 8.27. The van der Waals surface area contributed by atoms with Gasteiger partial charge in [0.1, 0.15) is 11.8 Å². The quantitative estimate of drug-likeness (QED) is 0.600. The molecule has 1 aromatic heterocycles. The van der Waals surface area contributed by atoms with Crippen molar-refractivity contribution in [3.05, 3.63) is 36.1 Å². The Morgan fingerprint density at radius 1 is 1.47 bits per heavy atom. The predicted octanol–water partition coefficient (Wildman–Crippen LogP) is 1.89. The maximum absolute atomic E-state index is 11.4. The van der Waals surface area contributed by atoms with Crippen LogP contribution in [0.25, 0.3) is 11.0 Å². The second-order valence-corrected chi connectivity index (χ2v) is 3.26. The Kier molecular flexibility index (Phi) is 2.43. The molecule has 4 nitrogen and oxygen atoms in total. The number of hydrogen-bond acceptors (Lipinski definition) is 4. The molecule has 0 amide bonds. The van der Waals surface area contributed by atoms with E-state index in [9.17, 15) is 4.79 Å². The summed E-state index contributed by atoms with van der Waals surface area (Å²) in [6, 6.07) is 9.00. The lowest BCUT2D eigenvalue weighted by atomic mass is 10.2. The Bertz CT molecular complexity index is 454. The van der Waals surface area contributed by atoms with Crippen molar-refractivity contribution in [2.24, 2.45) is 5.73 Å². The SMILES string of the molecule is CC(N)OC(=O)c1cc2ccccc2o1. The van der Waals surface area contributed by atoms with Crippen LogP contribution < -0.4 is 5.73 Å². The van der Waals surface area contributed by atoms with Crippen molar-refractivity contribution in [2.45, 2.75) is 13.2 Å². The molecule has 78 valence electrons. The summed E-state index contributed by atoms with van der Waals surface area (Å²) in [5, 5.41) is 0.870. The standard InChI is InChI=1S/C11H11NO3/c1-7(12)14-11(13)10-6-8-4-2-3-5-9(8)15-10/h2-7H,12H2,1H3. The molecule has 15 heavy (non-hydrogen) atoms. The Hall–Kier alpha value is -1.81. The summed E-state index contributed by atoms with van der Waals surface area (Å²) < 4.78 is 10.1. The molecule has 1 unspecified atom stereocenters. The maximum Gasteiger partial charge on any atom is 0.375 e. The summed E-state index contributed by atoms with van der Waals surface area (Å²) in [5.41, 5.74) is 6.00. The number of carbonyl (C=O) groups is 1. The Morgan fingerprint density at radius 2 is 2.20 bits per heavy atom. The normalized spacial score (nSPS) is 12.7. The molecule has 1 atom stereocenters. The summed E-state index contributed by atoms with van der Waals surface area (Å²) >= 11 is 0. The summed E-state index contributed by atoms with van der Waals surface area (Å²) in [6.07, 6.45) is -0.634. The van der Waals surface area contributed by atoms with Gasteiger partial charge in [0.25, 0.3) is 0 Å². The largest absolute Gasteiger partial charge is 0.449 e. The third-order valence-corrected chi connectivity index (χ3v) is 1.92. The second-order valence-electron chi connectivity index (χ2n) is 3.26. The van der Waals surface area contributed by atoms with Crippen LogP contribution in [0.2, 0.25) is 0 Å². The average Bonchev–Trinajstić information content (AvgIpc) is 2.59. The van der Waals surface area contributed by atoms with Gasteiger partial charge in [0.15, 0.2) is 0 Å². The van der Waals surface area contributed by atoms with E-state index in [2.05, 4.69) is 0 Å². The van der Waals surface area contributed by atoms with E-state index in [0.29, 0.717) is 5.58 Å². The molecular weight excluding hydrogens is 194 g/mol. The van der Waals surface area contributed by atoms with Gasteiger partial charge in [-0.15, -0.1) is 0 Å². The average molecular weight is 205 g/mol. The molecule has 0 aliphatic carbocycles. The van der Waals surface area contributed by atoms with E-state index in [1.54, 1.807) is 19.1 Å². The molecule has 0 saturated heterocycles. The lowest BCUT2D eigenvalue weighted by Crippen LogP contribution is -2.23. The third kappa shape index (κ3) is 1.99. The van der Waals surface area contributed by atoms with Gasteiger partial charge in [0.2, 0.25) is 5.76 Å². The van der Waals surface area contributed by atoms with E-state index >= 15 is 0 Å². The number of nitrogens with two attached hydrogens (primary N) is 1. The highest BCUT2D eigenvalue weighted by Gasteiger charge is 2.14. The van der Waals surface area contributed by atoms with Gasteiger partial charge in [-0.1, -0.05) is 18.2 Å². The Morgan fingerprint density at radius 3 is 2.87 bits per heavy atom. The second kappa shape index (κ2) is 3.74. The number of furan rings is 1. The predicted molar refractivity (Wildman–Crippen MR) is 55.3 cm³/mol. The van der Waals surface area contributed by atoms with Crippen LogP contribution in [-0.4, -0.2) is 12.2 Å². The minimum Gasteiger partial charge on any atom is -0.449 e. The van der Waals surface area contributed by atoms with Gasteiger partial charge < -0.3 is 9.15 Å². The van der Waals surface area contributed by atoms with Crippen LogP contribution in [0.1, 0.15) is 17.5 Å². The fourth-order valence-corrected chi connectivity index (χ4v) is 1.31. The topological polar surface area (TPSA) is 65.5 Å². The first-order valence-corrected chi connectivity index (χ1v) is 4.62. The number of benzene rings is 1. The highest BCUT2D eigenvalue weighted by Crippen LogP contribution is 2.19. The fourth-order valence-electron chi connectivity index (χ4n) is 1.31. The first-order chi connectivity index (χ1) is 7.16. The van der Waals surface area contributed by atoms with Crippen LogP contribution in [0.4, 0.5) is 0 Å². The van der Waals surface area contributed by atoms with E-state index in [4.69, 9.17) is 14.9 Å². The van der Waals surface area contributed by atoms with Crippen LogP contribution in [0.3, 0.4) is 0 Å². The summed E-state index contributed by atoms with van der Waals surface area (Å²) in [6.45, 7) is 1.58. The van der Waals surface area contributed by atoms with Gasteiger partial charge in [-0.25, -0.2) is 4.79 Å². The van der Waals surface area contributed by atoms with Gasteiger partial charge in [-0.3, -0.25) is 5.73 Å². The highest BCUT2D eigenvalue weighted by molar-refractivity contribution is 5.92. The first-order valence-electron chi connectivity index (χ1n) is 4.62. The summed E-state index contributed by atoms with van der Waals surface area (Å²) in [5.74, 6) is -0.366. The maximum atomic E-state index is 11.4. The molecule has 0 saturated carbocycles. The fraction of sp³-hybridized carbons (Fsp3) is 0.182. The van der Waals surface area contributed by atoms with Crippen molar-refractivity contribution >= 4 is 16.9 Å². The third-order valence-electron chi connectivity index (χ3n) is 1.92. The van der Waals surface area contributed by atoms with Crippen LogP contribution in [0.15, 0.2) is 34.7 Å². The molecule has 0 radical (unpaired) electrons. The van der Waals surface area contributed by atoms with Gasteiger partial charge in [-0.05, 0) is 19.1 Å². The number of carbonyl (C=O) groups excluding carboxylic acids is 1. The summed E-state index contributed by atoms with van der Waals surface area (Å²) in [7, 11) is 0. The molecule has 0 spiro atoms. The molecular formula is C11H11NO3. The summed E-state index contributed by atoms with van der Waals surface area (Å²) in [4.78, 5) is 11.4. The molecule has 2 aromatic rings. The lowest BCUT2D eigenvalue weighted by molar-refractivity contribution is 0.0321. The van der Waals surface area contributed by atoms with Crippen molar-refractivity contribution < 1.29 is 13.9 Å². The lowest BCUT2D eigenvalue weighted by Gasteiger charge is -2.04. The number of fused-ring (bicyclic) bond motifs is 1. The molecule has 2 N–H and O–H groups in total. The Labute approximate surface area is 86.6 Å². The van der Waals surface area contributed by atoms with Gasteiger partial charge >= 0.3 is 5.97 Å². The molecule has 2 rings (SSSR count). The van der Waals surface area contributed by atoms with Gasteiger partial charge in [0.05, 0.1) is 0 Å². The molecule has 0 fully saturated rings. The van der Waals surface area contributed by atoms with Gasteiger partial charge in [0, 0.05) is 5.39 Å². The van der Waals surface area contributed by atoms with E-state index in [0.717, 1.165) is 5.39 Å². The minimum atomic E-state index is -0.634. The van der Waals surface area contributed by atoms with Crippen LogP contribution in [0, 0.1) is 0 Å². The molecule has 1 heterocycles. The van der Waals surface area contributed by atoms with Crippen molar-refractivity contribution in [3.63, 3.8) is 0 Å². The van der Waals surface area contributed by atoms with Crippen molar-refractivity contribution in [3.8, 4) is 0 Å². The van der Waals surface area contributed by atoms with Crippen LogP contribution in [0.5, 0.6) is 0 Å².